The van der Waals surface area contributed by atoms with E-state index in [0.29, 0.717) is 25.7 Å². The van der Waals surface area contributed by atoms with Gasteiger partial charge in [-0.1, -0.05) is 407 Å². The minimum atomic E-state index is -4.96. The molecule has 3 N–H and O–H groups in total. The molecular weight excluding hydrogens is 1340 g/mol. The predicted octanol–water partition coefficient (Wildman–Crippen LogP) is 25.7. The number of unbranched alkanes of at least 4 members (excludes halogenated alkanes) is 59. The van der Waals surface area contributed by atoms with Gasteiger partial charge in [-0.2, -0.15) is 0 Å². The van der Waals surface area contributed by atoms with Crippen LogP contribution in [0.2, 0.25) is 0 Å². The molecule has 0 radical (unpaired) electrons. The van der Waals surface area contributed by atoms with Gasteiger partial charge in [-0.3, -0.25) is 37.3 Å². The maximum atomic E-state index is 13.1. The molecular formula is C84H164O17P2. The second kappa shape index (κ2) is 78.2. The van der Waals surface area contributed by atoms with Crippen molar-refractivity contribution in [2.75, 3.05) is 39.6 Å². The molecule has 0 aromatic heterocycles. The van der Waals surface area contributed by atoms with Crippen LogP contribution in [0.15, 0.2) is 0 Å². The highest BCUT2D eigenvalue weighted by atomic mass is 31.2. The van der Waals surface area contributed by atoms with Crippen molar-refractivity contribution >= 4 is 39.5 Å². The quantitative estimate of drug-likeness (QED) is 0.0222. The Morgan fingerprint density at radius 2 is 0.388 bits per heavy atom. The van der Waals surface area contributed by atoms with Crippen molar-refractivity contribution < 1.29 is 80.2 Å². The molecule has 19 heteroatoms. The maximum absolute atomic E-state index is 13.1. The van der Waals surface area contributed by atoms with Gasteiger partial charge in [-0.05, 0) is 25.7 Å². The summed E-state index contributed by atoms with van der Waals surface area (Å²) in [5, 5.41) is 10.7. The number of aliphatic hydroxyl groups excluding tert-OH is 1. The van der Waals surface area contributed by atoms with E-state index in [4.69, 9.17) is 37.0 Å². The van der Waals surface area contributed by atoms with Crippen LogP contribution in [0.5, 0.6) is 0 Å². The Kier molecular flexibility index (Phi) is 76.7. The second-order valence-electron chi connectivity index (χ2n) is 30.2. The van der Waals surface area contributed by atoms with E-state index in [0.717, 1.165) is 89.9 Å². The van der Waals surface area contributed by atoms with Crippen molar-refractivity contribution in [1.82, 2.24) is 0 Å². The highest BCUT2D eigenvalue weighted by Gasteiger charge is 2.30. The maximum Gasteiger partial charge on any atom is 0.472 e. The first kappa shape index (κ1) is 101. The smallest absolute Gasteiger partial charge is 0.462 e. The van der Waals surface area contributed by atoms with Crippen molar-refractivity contribution in [3.8, 4) is 0 Å². The number of carbonyl (C=O) groups excluding carboxylic acids is 4. The second-order valence-corrected chi connectivity index (χ2v) is 33.1. The third-order valence-corrected chi connectivity index (χ3v) is 21.8. The summed E-state index contributed by atoms with van der Waals surface area (Å²) in [6.07, 6.45) is 72.2. The molecule has 0 spiro atoms. The molecule has 0 saturated carbocycles. The minimum absolute atomic E-state index is 0.109. The van der Waals surface area contributed by atoms with Gasteiger partial charge < -0.3 is 33.8 Å². The Hall–Kier alpha value is -1.94. The first-order valence-electron chi connectivity index (χ1n) is 43.8. The van der Waals surface area contributed by atoms with Gasteiger partial charge in [0.15, 0.2) is 12.2 Å². The van der Waals surface area contributed by atoms with Crippen LogP contribution in [0, 0.1) is 0 Å². The summed E-state index contributed by atoms with van der Waals surface area (Å²) in [4.78, 5) is 73.1. The van der Waals surface area contributed by atoms with E-state index in [2.05, 4.69) is 27.7 Å². The first-order chi connectivity index (χ1) is 50.2. The molecule has 0 aromatic carbocycles. The number of hydrogen-bond donors (Lipinski definition) is 3. The van der Waals surface area contributed by atoms with E-state index >= 15 is 0 Å². The van der Waals surface area contributed by atoms with Crippen LogP contribution >= 0.6 is 15.6 Å². The van der Waals surface area contributed by atoms with Gasteiger partial charge in [0, 0.05) is 25.7 Å². The van der Waals surface area contributed by atoms with Crippen LogP contribution < -0.4 is 0 Å². The summed E-state index contributed by atoms with van der Waals surface area (Å²) >= 11 is 0. The first-order valence-corrected chi connectivity index (χ1v) is 46.8. The minimum Gasteiger partial charge on any atom is -0.462 e. The molecule has 0 saturated heterocycles. The molecule has 0 bridgehead atoms. The summed E-state index contributed by atoms with van der Waals surface area (Å²) in [5.74, 6) is -2.10. The highest BCUT2D eigenvalue weighted by Crippen LogP contribution is 2.45. The Bertz CT molecular complexity index is 1950. The van der Waals surface area contributed by atoms with Gasteiger partial charge in [0.25, 0.3) is 0 Å². The lowest BCUT2D eigenvalue weighted by Crippen LogP contribution is -2.30. The summed E-state index contributed by atoms with van der Waals surface area (Å²) in [7, 11) is -9.92. The number of rotatable bonds is 85. The topological polar surface area (TPSA) is 237 Å². The molecule has 0 fully saturated rings. The Labute approximate surface area is 632 Å². The van der Waals surface area contributed by atoms with Gasteiger partial charge in [-0.25, -0.2) is 9.13 Å². The van der Waals surface area contributed by atoms with Gasteiger partial charge in [0.1, 0.15) is 19.3 Å². The summed E-state index contributed by atoms with van der Waals surface area (Å²) < 4.78 is 68.8. The summed E-state index contributed by atoms with van der Waals surface area (Å²) in [5.41, 5.74) is 0. The zero-order valence-electron chi connectivity index (χ0n) is 67.3. The van der Waals surface area contributed by atoms with Crippen LogP contribution in [-0.4, -0.2) is 96.7 Å². The fourth-order valence-corrected chi connectivity index (χ4v) is 14.7. The molecule has 612 valence electrons. The average Bonchev–Trinajstić information content (AvgIpc) is 0.916. The lowest BCUT2D eigenvalue weighted by atomic mass is 10.0. The molecule has 0 aromatic rings. The fourth-order valence-electron chi connectivity index (χ4n) is 13.2. The highest BCUT2D eigenvalue weighted by molar-refractivity contribution is 7.47. The van der Waals surface area contributed by atoms with Crippen LogP contribution in [-0.2, 0) is 65.4 Å². The monoisotopic (exact) mass is 1510 g/mol. The lowest BCUT2D eigenvalue weighted by molar-refractivity contribution is -0.161. The van der Waals surface area contributed by atoms with Crippen LogP contribution in [0.1, 0.15) is 458 Å². The van der Waals surface area contributed by atoms with Crippen molar-refractivity contribution in [1.29, 1.82) is 0 Å². The molecule has 2 unspecified atom stereocenters. The Balaban J connectivity index is 5.21. The molecule has 17 nitrogen and oxygen atoms in total. The summed E-state index contributed by atoms with van der Waals surface area (Å²) in [6, 6.07) is 0. The van der Waals surface area contributed by atoms with E-state index in [-0.39, 0.29) is 25.7 Å². The Morgan fingerprint density at radius 3 is 0.573 bits per heavy atom. The van der Waals surface area contributed by atoms with Crippen molar-refractivity contribution in [2.24, 2.45) is 0 Å². The number of carbonyl (C=O) groups is 4. The van der Waals surface area contributed by atoms with Crippen molar-refractivity contribution in [3.63, 3.8) is 0 Å². The zero-order chi connectivity index (χ0) is 75.3. The lowest BCUT2D eigenvalue weighted by Gasteiger charge is -2.21. The fraction of sp³-hybridized carbons (Fsp3) is 0.952. The Morgan fingerprint density at radius 1 is 0.233 bits per heavy atom. The molecule has 0 heterocycles. The van der Waals surface area contributed by atoms with Crippen LogP contribution in [0.4, 0.5) is 0 Å². The van der Waals surface area contributed by atoms with E-state index in [1.807, 2.05) is 0 Å². The van der Waals surface area contributed by atoms with E-state index in [1.165, 1.54) is 289 Å². The largest absolute Gasteiger partial charge is 0.472 e. The third kappa shape index (κ3) is 78.0. The number of aliphatic hydroxyl groups is 1. The molecule has 5 atom stereocenters. The summed E-state index contributed by atoms with van der Waals surface area (Å²) in [6.45, 7) is 5.03. The van der Waals surface area contributed by atoms with Crippen LogP contribution in [0.3, 0.4) is 0 Å². The standard InChI is InChI=1S/C84H164O17P2/c1-5-9-13-17-21-25-28-31-34-37-38-39-42-45-48-51-55-59-63-67-71-84(89)101-80(75-95-82(87)69-65-61-57-53-49-46-43-40-35-32-29-26-22-18-14-10-6-2)77-99-103(92,93)97-73-78(85)72-96-102(90,91)98-76-79(74-94-81(86)68-64-60-56-52-24-20-16-12-8-4)100-83(88)70-66-62-58-54-50-47-44-41-36-33-30-27-23-19-15-11-7-3/h78-80,85H,5-77H2,1-4H3,(H,90,91)(H,92,93)/t78-,79+,80+/m0/s1. The number of phosphoric acid groups is 2. The number of hydrogen-bond acceptors (Lipinski definition) is 15. The molecule has 0 rings (SSSR count). The number of phosphoric ester groups is 2. The van der Waals surface area contributed by atoms with Crippen molar-refractivity contribution in [3.05, 3.63) is 0 Å². The molecule has 0 aliphatic rings. The molecule has 0 aliphatic heterocycles. The van der Waals surface area contributed by atoms with Gasteiger partial charge in [0.2, 0.25) is 0 Å². The van der Waals surface area contributed by atoms with E-state index in [1.54, 1.807) is 0 Å². The van der Waals surface area contributed by atoms with Crippen molar-refractivity contribution in [2.45, 2.75) is 476 Å². The number of esters is 4. The van der Waals surface area contributed by atoms with Gasteiger partial charge >= 0.3 is 39.5 Å². The number of ether oxygens (including phenoxy) is 4. The average molecular weight is 1510 g/mol. The molecule has 0 amide bonds. The normalized spacial score (nSPS) is 13.7. The zero-order valence-corrected chi connectivity index (χ0v) is 69.1. The van der Waals surface area contributed by atoms with Gasteiger partial charge in [0.05, 0.1) is 26.4 Å². The third-order valence-electron chi connectivity index (χ3n) is 19.9. The van der Waals surface area contributed by atoms with Gasteiger partial charge in [-0.15, -0.1) is 0 Å². The SMILES string of the molecule is CCCCCCCCCCCCCCCCCCCCCCC(=O)O[C@H](COC(=O)CCCCCCCCCCCCCCCCCCC)COP(=O)(O)OC[C@@H](O)COP(=O)(O)OC[C@@H](COC(=O)CCCCCCCCCCC)OC(=O)CCCCCCCCCCCCCCCCCCC. The van der Waals surface area contributed by atoms with E-state index in [9.17, 15) is 43.2 Å². The van der Waals surface area contributed by atoms with E-state index < -0.39 is 97.5 Å². The molecule has 0 aliphatic carbocycles. The predicted molar refractivity (Wildman–Crippen MR) is 423 cm³/mol. The molecule has 103 heavy (non-hydrogen) atoms. The van der Waals surface area contributed by atoms with Crippen LogP contribution in [0.25, 0.3) is 0 Å².